The first-order valence-corrected chi connectivity index (χ1v) is 14.5. The van der Waals surface area contributed by atoms with E-state index in [0.29, 0.717) is 42.5 Å². The minimum absolute atomic E-state index is 0.183. The molecular weight excluding hydrogens is 664 g/mol. The number of para-hydroxylation sites is 3. The van der Waals surface area contributed by atoms with Crippen LogP contribution in [0.1, 0.15) is 11.1 Å². The Balaban J connectivity index is 1.29. The second kappa shape index (κ2) is 11.8. The molecule has 2 aromatic heterocycles. The lowest BCUT2D eigenvalue weighted by atomic mass is 10.2. The molecule has 0 unspecified atom stereocenters. The number of aryl methyl sites for hydroxylation is 1. The Kier molecular flexibility index (Phi) is 7.73. The van der Waals surface area contributed by atoms with Gasteiger partial charge in [0.1, 0.15) is 11.3 Å². The molecule has 0 saturated carbocycles. The van der Waals surface area contributed by atoms with Crippen LogP contribution in [0, 0.1) is 6.92 Å². The number of fused-ring (bicyclic) bond motifs is 2. The van der Waals surface area contributed by atoms with Crippen molar-refractivity contribution in [2.75, 3.05) is 11.9 Å². The van der Waals surface area contributed by atoms with Gasteiger partial charge in [-0.05, 0) is 92.4 Å². The Bertz CT molecular complexity index is 2010. The topological polar surface area (TPSA) is 98.7 Å². The van der Waals surface area contributed by atoms with Gasteiger partial charge in [0.25, 0.3) is 11.5 Å². The summed E-state index contributed by atoms with van der Waals surface area (Å²) in [6.07, 6.45) is 1.55. The molecular formula is C32H22Br2N4O4. The third-order valence-electron chi connectivity index (χ3n) is 6.51. The van der Waals surface area contributed by atoms with Gasteiger partial charge in [-0.3, -0.25) is 9.59 Å². The molecule has 0 radical (unpaired) electrons. The molecule has 1 N–H and O–H groups in total. The average molecular weight is 686 g/mol. The number of carbonyl (C=O) groups excluding carboxylic acids is 1. The van der Waals surface area contributed by atoms with E-state index in [4.69, 9.17) is 14.1 Å². The van der Waals surface area contributed by atoms with Crippen molar-refractivity contribution < 1.29 is 13.9 Å². The molecule has 0 aliphatic rings. The van der Waals surface area contributed by atoms with E-state index in [2.05, 4.69) is 42.3 Å². The molecule has 6 rings (SSSR count). The van der Waals surface area contributed by atoms with Crippen LogP contribution in [0.25, 0.3) is 33.5 Å². The number of rotatable bonds is 7. The number of amides is 1. The van der Waals surface area contributed by atoms with Crippen molar-refractivity contribution in [2.24, 2.45) is 5.10 Å². The third-order valence-corrected chi connectivity index (χ3v) is 7.69. The van der Waals surface area contributed by atoms with Crippen LogP contribution in [0.15, 0.2) is 114 Å². The zero-order valence-corrected chi connectivity index (χ0v) is 25.3. The van der Waals surface area contributed by atoms with E-state index in [1.165, 1.54) is 4.68 Å². The number of aromatic nitrogens is 2. The monoisotopic (exact) mass is 684 g/mol. The van der Waals surface area contributed by atoms with Gasteiger partial charge >= 0.3 is 0 Å². The number of furan rings is 1. The number of nitrogens with one attached hydrogen (secondary N) is 1. The first kappa shape index (κ1) is 27.6. The van der Waals surface area contributed by atoms with Crippen molar-refractivity contribution in [3.8, 4) is 17.3 Å². The average Bonchev–Trinajstić information content (AvgIpc) is 3.42. The normalized spacial score (nSPS) is 11.4. The second-order valence-corrected chi connectivity index (χ2v) is 11.1. The predicted octanol–water partition coefficient (Wildman–Crippen LogP) is 7.54. The number of hydrogen-bond donors (Lipinski definition) is 1. The summed E-state index contributed by atoms with van der Waals surface area (Å²) >= 11 is 7.05. The molecule has 42 heavy (non-hydrogen) atoms. The molecule has 0 saturated heterocycles. The molecule has 6 aromatic rings. The van der Waals surface area contributed by atoms with Crippen LogP contribution in [0.4, 0.5) is 5.69 Å². The number of hydrogen-bond acceptors (Lipinski definition) is 6. The van der Waals surface area contributed by atoms with Crippen LogP contribution in [-0.4, -0.2) is 28.4 Å². The Morgan fingerprint density at radius 2 is 1.71 bits per heavy atom. The zero-order valence-electron chi connectivity index (χ0n) is 22.2. The molecule has 4 aromatic carbocycles. The molecule has 8 nitrogen and oxygen atoms in total. The van der Waals surface area contributed by atoms with Crippen LogP contribution in [0.5, 0.6) is 5.75 Å². The van der Waals surface area contributed by atoms with E-state index in [1.54, 1.807) is 36.5 Å². The molecule has 0 atom stereocenters. The van der Waals surface area contributed by atoms with Crippen molar-refractivity contribution >= 4 is 71.5 Å². The number of halogens is 2. The number of anilines is 1. The highest BCUT2D eigenvalue weighted by Crippen LogP contribution is 2.34. The smallest absolute Gasteiger partial charge is 0.282 e. The van der Waals surface area contributed by atoms with Crippen molar-refractivity contribution in [1.82, 2.24) is 9.66 Å². The first-order valence-electron chi connectivity index (χ1n) is 12.9. The minimum atomic E-state index is -0.329. The highest BCUT2D eigenvalue weighted by molar-refractivity contribution is 9.11. The van der Waals surface area contributed by atoms with Crippen molar-refractivity contribution in [3.05, 3.63) is 121 Å². The zero-order chi connectivity index (χ0) is 29.2. The van der Waals surface area contributed by atoms with Gasteiger partial charge in [0.15, 0.2) is 12.4 Å². The van der Waals surface area contributed by atoms with Crippen molar-refractivity contribution in [3.63, 3.8) is 0 Å². The van der Waals surface area contributed by atoms with E-state index in [1.807, 2.05) is 67.6 Å². The molecule has 0 aliphatic carbocycles. The van der Waals surface area contributed by atoms with Gasteiger partial charge in [0.2, 0.25) is 5.82 Å². The molecule has 0 bridgehead atoms. The lowest BCUT2D eigenvalue weighted by Gasteiger charge is -2.12. The largest absolute Gasteiger partial charge is 0.481 e. The molecule has 2 heterocycles. The highest BCUT2D eigenvalue weighted by Gasteiger charge is 2.17. The maximum absolute atomic E-state index is 13.5. The van der Waals surface area contributed by atoms with Crippen LogP contribution < -0.4 is 15.6 Å². The fourth-order valence-corrected chi connectivity index (χ4v) is 5.89. The summed E-state index contributed by atoms with van der Waals surface area (Å²) < 4.78 is 14.3. The summed E-state index contributed by atoms with van der Waals surface area (Å²) in [7, 11) is 0. The van der Waals surface area contributed by atoms with Gasteiger partial charge in [-0.15, -0.1) is 0 Å². The van der Waals surface area contributed by atoms with E-state index in [9.17, 15) is 9.59 Å². The number of carbonyl (C=O) groups is 1. The van der Waals surface area contributed by atoms with Crippen LogP contribution >= 0.6 is 31.9 Å². The summed E-state index contributed by atoms with van der Waals surface area (Å²) in [5.74, 6) is 0.879. The molecule has 0 spiro atoms. The molecule has 208 valence electrons. The van der Waals surface area contributed by atoms with Gasteiger partial charge in [-0.25, -0.2) is 4.98 Å². The predicted molar refractivity (Wildman–Crippen MR) is 171 cm³/mol. The third kappa shape index (κ3) is 5.63. The molecule has 1 amide bonds. The fraction of sp³-hybridized carbons (Fsp3) is 0.0625. The molecule has 0 fully saturated rings. The lowest BCUT2D eigenvalue weighted by Crippen LogP contribution is -2.21. The number of nitrogens with zero attached hydrogens (tertiary/aromatic N) is 3. The lowest BCUT2D eigenvalue weighted by molar-refractivity contribution is -0.118. The van der Waals surface area contributed by atoms with Crippen molar-refractivity contribution in [1.29, 1.82) is 0 Å². The summed E-state index contributed by atoms with van der Waals surface area (Å²) in [5.41, 5.74) is 3.26. The standard InChI is InChI=1S/C32H22Br2N4O4/c1-19-8-2-5-11-25(19)36-29(39)18-41-30-23(33)14-20(15-24(30)34)17-35-38-31(28-16-21-9-3-7-13-27(21)42-28)37-26-12-6-4-10-22(26)32(38)40/h2-17H,18H2,1H3,(H,36,39). The van der Waals surface area contributed by atoms with Crippen molar-refractivity contribution in [2.45, 2.75) is 6.92 Å². The maximum atomic E-state index is 13.5. The van der Waals surface area contributed by atoms with Crippen LogP contribution in [-0.2, 0) is 4.79 Å². The Labute approximate surface area is 256 Å². The Morgan fingerprint density at radius 1 is 1.00 bits per heavy atom. The van der Waals surface area contributed by atoms with E-state index in [0.717, 1.165) is 16.6 Å². The summed E-state index contributed by atoms with van der Waals surface area (Å²) in [5, 5.41) is 8.70. The summed E-state index contributed by atoms with van der Waals surface area (Å²) in [6, 6.07) is 27.6. The van der Waals surface area contributed by atoms with Gasteiger partial charge in [-0.1, -0.05) is 48.5 Å². The Morgan fingerprint density at radius 3 is 2.50 bits per heavy atom. The fourth-order valence-electron chi connectivity index (χ4n) is 4.44. The summed E-state index contributed by atoms with van der Waals surface area (Å²) in [6.45, 7) is 1.74. The number of benzene rings is 4. The van der Waals surface area contributed by atoms with E-state index < -0.39 is 0 Å². The van der Waals surface area contributed by atoms with Gasteiger partial charge in [0.05, 0.1) is 26.1 Å². The molecule has 10 heteroatoms. The second-order valence-electron chi connectivity index (χ2n) is 9.43. The Hall–Kier alpha value is -4.54. The van der Waals surface area contributed by atoms with E-state index in [-0.39, 0.29) is 23.9 Å². The van der Waals surface area contributed by atoms with E-state index >= 15 is 0 Å². The van der Waals surface area contributed by atoms with Crippen LogP contribution in [0.3, 0.4) is 0 Å². The summed E-state index contributed by atoms with van der Waals surface area (Å²) in [4.78, 5) is 30.7. The minimum Gasteiger partial charge on any atom is -0.481 e. The molecule has 0 aliphatic heterocycles. The number of ether oxygens (including phenoxy) is 1. The first-order chi connectivity index (χ1) is 20.4. The quantitative estimate of drug-likeness (QED) is 0.175. The highest BCUT2D eigenvalue weighted by atomic mass is 79.9. The maximum Gasteiger partial charge on any atom is 0.282 e. The van der Waals surface area contributed by atoms with Gasteiger partial charge < -0.3 is 14.5 Å². The van der Waals surface area contributed by atoms with Gasteiger partial charge in [0, 0.05) is 11.1 Å². The SMILES string of the molecule is Cc1ccccc1NC(=O)COc1c(Br)cc(C=Nn2c(-c3cc4ccccc4o3)nc3ccccc3c2=O)cc1Br. The van der Waals surface area contributed by atoms with Gasteiger partial charge in [-0.2, -0.15) is 9.78 Å². The van der Waals surface area contributed by atoms with Crippen LogP contribution in [0.2, 0.25) is 0 Å².